The van der Waals surface area contributed by atoms with Crippen LogP contribution in [0.2, 0.25) is 0 Å². The van der Waals surface area contributed by atoms with E-state index in [-0.39, 0.29) is 30.6 Å². The Bertz CT molecular complexity index is 1260. The summed E-state index contributed by atoms with van der Waals surface area (Å²) >= 11 is 0. The number of carboxylic acid groups (broad SMARTS) is 1. The van der Waals surface area contributed by atoms with Crippen LogP contribution in [0.1, 0.15) is 36.8 Å². The van der Waals surface area contributed by atoms with Crippen LogP contribution in [0.15, 0.2) is 60.9 Å². The lowest BCUT2D eigenvalue weighted by atomic mass is 9.92. The van der Waals surface area contributed by atoms with Gasteiger partial charge in [0.2, 0.25) is 11.8 Å². The molecule has 2 N–H and O–H groups in total. The molecule has 1 aliphatic heterocycles. The van der Waals surface area contributed by atoms with Crippen molar-refractivity contribution in [3.05, 3.63) is 72.1 Å². The molecule has 9 nitrogen and oxygen atoms in total. The number of hydrogen-bond donors (Lipinski definition) is 2. The van der Waals surface area contributed by atoms with Crippen LogP contribution in [0.5, 0.6) is 5.75 Å². The molecule has 2 amide bonds. The maximum absolute atomic E-state index is 12.8. The van der Waals surface area contributed by atoms with E-state index in [1.54, 1.807) is 36.1 Å². The minimum Gasteiger partial charge on any atom is -0.497 e. The number of likely N-dealkylation sites (tertiary alicyclic amines) is 1. The zero-order valence-corrected chi connectivity index (χ0v) is 22.5. The number of nitrogens with one attached hydrogen (secondary N) is 1. The predicted octanol–water partition coefficient (Wildman–Crippen LogP) is 3.47. The highest BCUT2D eigenvalue weighted by Gasteiger charge is 2.26. The molecule has 9 heteroatoms. The summed E-state index contributed by atoms with van der Waals surface area (Å²) < 4.78 is 6.90. The quantitative estimate of drug-likeness (QED) is 0.391. The molecule has 3 aromatic rings. The fourth-order valence-electron chi connectivity index (χ4n) is 4.94. The number of methoxy groups -OCH3 is 1. The molecule has 0 saturated carbocycles. The van der Waals surface area contributed by atoms with Gasteiger partial charge in [0.25, 0.3) is 0 Å². The number of amides is 2. The summed E-state index contributed by atoms with van der Waals surface area (Å²) in [6, 6.07) is 14.4. The number of carboxylic acids is 1. The van der Waals surface area contributed by atoms with Gasteiger partial charge in [-0.15, -0.1) is 0 Å². The first-order chi connectivity index (χ1) is 18.8. The minimum atomic E-state index is -1.06. The number of carbonyl (C=O) groups is 3. The van der Waals surface area contributed by atoms with Gasteiger partial charge in [0, 0.05) is 51.2 Å². The molecule has 2 heterocycles. The second-order valence-corrected chi connectivity index (χ2v) is 10.1. The molecule has 0 radical (unpaired) electrons. The Balaban J connectivity index is 1.18. The van der Waals surface area contributed by atoms with Gasteiger partial charge in [0.05, 0.1) is 13.3 Å². The number of piperidine rings is 1. The lowest BCUT2D eigenvalue weighted by Crippen LogP contribution is -2.44. The van der Waals surface area contributed by atoms with Gasteiger partial charge in [0.1, 0.15) is 11.8 Å². The maximum Gasteiger partial charge on any atom is 0.326 e. The Morgan fingerprint density at radius 3 is 2.28 bits per heavy atom. The standard InChI is InChI=1S/C30H36N4O5/c1-33-20-25(19-31-33)24-8-3-21(4-9-24)7-12-29(36)34-15-13-23(14-16-34)18-28(35)32-27(30(37)38)17-22-5-10-26(39-2)11-6-22/h3-6,8-11,19-20,23,27H,7,12-18H2,1-2H3,(H,32,35)(H,37,38). The van der Waals surface area contributed by atoms with Crippen LogP contribution in [0.25, 0.3) is 11.1 Å². The van der Waals surface area contributed by atoms with E-state index in [1.165, 1.54) is 0 Å². The SMILES string of the molecule is COc1ccc(CC(NC(=O)CC2CCN(C(=O)CCc3ccc(-c4cnn(C)c4)cc3)CC2)C(=O)O)cc1. The van der Waals surface area contributed by atoms with Crippen LogP contribution in [-0.2, 0) is 34.3 Å². The van der Waals surface area contributed by atoms with Crippen molar-refractivity contribution in [1.82, 2.24) is 20.0 Å². The molecule has 39 heavy (non-hydrogen) atoms. The van der Waals surface area contributed by atoms with Gasteiger partial charge >= 0.3 is 5.97 Å². The molecule has 2 aromatic carbocycles. The van der Waals surface area contributed by atoms with E-state index >= 15 is 0 Å². The first-order valence-electron chi connectivity index (χ1n) is 13.3. The number of aromatic nitrogens is 2. The summed E-state index contributed by atoms with van der Waals surface area (Å²) in [6.07, 6.45) is 6.85. The van der Waals surface area contributed by atoms with E-state index in [4.69, 9.17) is 4.74 Å². The molecule has 1 aromatic heterocycles. The number of nitrogens with zero attached hydrogens (tertiary/aromatic N) is 3. The lowest BCUT2D eigenvalue weighted by molar-refractivity contribution is -0.142. The lowest BCUT2D eigenvalue weighted by Gasteiger charge is -2.32. The normalized spacial score (nSPS) is 14.6. The Morgan fingerprint density at radius 1 is 1.03 bits per heavy atom. The Kier molecular flexibility index (Phi) is 9.35. The monoisotopic (exact) mass is 532 g/mol. The van der Waals surface area contributed by atoms with Crippen LogP contribution < -0.4 is 10.1 Å². The van der Waals surface area contributed by atoms with E-state index in [0.717, 1.165) is 35.1 Å². The van der Waals surface area contributed by atoms with Crippen molar-refractivity contribution in [2.75, 3.05) is 20.2 Å². The summed E-state index contributed by atoms with van der Waals surface area (Å²) in [6.45, 7) is 1.23. The molecule has 1 atom stereocenters. The van der Waals surface area contributed by atoms with Gasteiger partial charge in [-0.1, -0.05) is 36.4 Å². The van der Waals surface area contributed by atoms with Gasteiger partial charge < -0.3 is 20.1 Å². The number of aryl methyl sites for hydroxylation is 2. The second-order valence-electron chi connectivity index (χ2n) is 10.1. The largest absolute Gasteiger partial charge is 0.497 e. The molecular weight excluding hydrogens is 496 g/mol. The van der Waals surface area contributed by atoms with E-state index in [9.17, 15) is 19.5 Å². The van der Waals surface area contributed by atoms with Crippen molar-refractivity contribution in [3.63, 3.8) is 0 Å². The number of benzene rings is 2. The molecule has 0 aliphatic carbocycles. The van der Waals surface area contributed by atoms with Crippen molar-refractivity contribution in [3.8, 4) is 16.9 Å². The zero-order chi connectivity index (χ0) is 27.8. The molecule has 206 valence electrons. The summed E-state index contributed by atoms with van der Waals surface area (Å²) in [5.41, 5.74) is 4.08. The molecule has 0 bridgehead atoms. The van der Waals surface area contributed by atoms with Crippen molar-refractivity contribution >= 4 is 17.8 Å². The van der Waals surface area contributed by atoms with Gasteiger partial charge in [-0.3, -0.25) is 14.3 Å². The topological polar surface area (TPSA) is 114 Å². The number of carbonyl (C=O) groups excluding carboxylic acids is 2. The molecule has 1 unspecified atom stereocenters. The Labute approximate surface area is 228 Å². The highest BCUT2D eigenvalue weighted by Crippen LogP contribution is 2.23. The third kappa shape index (κ3) is 7.92. The predicted molar refractivity (Wildman–Crippen MR) is 147 cm³/mol. The smallest absolute Gasteiger partial charge is 0.326 e. The average molecular weight is 533 g/mol. The molecule has 1 saturated heterocycles. The minimum absolute atomic E-state index is 0.125. The van der Waals surface area contributed by atoms with Gasteiger partial charge in [-0.05, 0) is 54.0 Å². The fourth-order valence-corrected chi connectivity index (χ4v) is 4.94. The van der Waals surface area contributed by atoms with E-state index < -0.39 is 12.0 Å². The van der Waals surface area contributed by atoms with Crippen LogP contribution in [0, 0.1) is 5.92 Å². The maximum atomic E-state index is 12.8. The van der Waals surface area contributed by atoms with Gasteiger partial charge in [-0.25, -0.2) is 4.79 Å². The first kappa shape index (κ1) is 27.9. The summed E-state index contributed by atoms with van der Waals surface area (Å²) in [4.78, 5) is 39.0. The van der Waals surface area contributed by atoms with Crippen molar-refractivity contribution in [2.45, 2.75) is 44.6 Å². The van der Waals surface area contributed by atoms with Gasteiger partial charge in [-0.2, -0.15) is 5.10 Å². The first-order valence-corrected chi connectivity index (χ1v) is 13.3. The third-order valence-electron chi connectivity index (χ3n) is 7.29. The summed E-state index contributed by atoms with van der Waals surface area (Å²) in [5, 5.41) is 16.5. The number of aliphatic carboxylic acids is 1. The fraction of sp³-hybridized carbons (Fsp3) is 0.400. The molecular formula is C30H36N4O5. The Morgan fingerprint density at radius 2 is 1.69 bits per heavy atom. The summed E-state index contributed by atoms with van der Waals surface area (Å²) in [7, 11) is 3.46. The van der Waals surface area contributed by atoms with E-state index in [1.807, 2.05) is 24.3 Å². The van der Waals surface area contributed by atoms with Crippen LogP contribution in [-0.4, -0.2) is 63.8 Å². The number of hydrogen-bond acceptors (Lipinski definition) is 5. The average Bonchev–Trinajstić information content (AvgIpc) is 3.38. The highest BCUT2D eigenvalue weighted by atomic mass is 16.5. The second kappa shape index (κ2) is 13.1. The van der Waals surface area contributed by atoms with Crippen molar-refractivity contribution in [2.24, 2.45) is 13.0 Å². The molecule has 1 fully saturated rings. The highest BCUT2D eigenvalue weighted by molar-refractivity contribution is 5.84. The molecule has 0 spiro atoms. The van der Waals surface area contributed by atoms with Crippen molar-refractivity contribution < 1.29 is 24.2 Å². The van der Waals surface area contributed by atoms with Crippen LogP contribution in [0.3, 0.4) is 0 Å². The van der Waals surface area contributed by atoms with Crippen molar-refractivity contribution in [1.29, 1.82) is 0 Å². The zero-order valence-electron chi connectivity index (χ0n) is 22.5. The number of ether oxygens (including phenoxy) is 1. The molecule has 1 aliphatic rings. The van der Waals surface area contributed by atoms with E-state index in [0.29, 0.717) is 31.7 Å². The number of rotatable bonds is 11. The van der Waals surface area contributed by atoms with Crippen LogP contribution in [0.4, 0.5) is 0 Å². The van der Waals surface area contributed by atoms with E-state index in [2.05, 4.69) is 34.7 Å². The summed E-state index contributed by atoms with van der Waals surface area (Å²) in [5.74, 6) is -0.388. The van der Waals surface area contributed by atoms with Gasteiger partial charge in [0.15, 0.2) is 0 Å². The third-order valence-corrected chi connectivity index (χ3v) is 7.29. The molecule has 4 rings (SSSR count). The van der Waals surface area contributed by atoms with Crippen LogP contribution >= 0.6 is 0 Å². The Hall–Kier alpha value is -4.14.